The predicted molar refractivity (Wildman–Crippen MR) is 107 cm³/mol. The van der Waals surface area contributed by atoms with E-state index in [2.05, 4.69) is 22.9 Å². The van der Waals surface area contributed by atoms with Crippen LogP contribution in [-0.2, 0) is 0 Å². The molecule has 2 aromatic carbocycles. The van der Waals surface area contributed by atoms with E-state index in [1.54, 1.807) is 18.9 Å². The van der Waals surface area contributed by atoms with Crippen LogP contribution < -0.4 is 4.74 Å². The van der Waals surface area contributed by atoms with Gasteiger partial charge in [-0.3, -0.25) is 4.79 Å². The normalized spacial score (nSPS) is 18.6. The molecule has 0 bridgehead atoms. The second-order valence-electron chi connectivity index (χ2n) is 5.81. The lowest BCUT2D eigenvalue weighted by Crippen LogP contribution is -2.31. The van der Waals surface area contributed by atoms with Crippen molar-refractivity contribution in [1.82, 2.24) is 4.90 Å². The third-order valence-corrected chi connectivity index (χ3v) is 5.44. The van der Waals surface area contributed by atoms with E-state index >= 15 is 0 Å². The number of benzene rings is 2. The lowest BCUT2D eigenvalue weighted by Gasteiger charge is -2.17. The summed E-state index contributed by atoms with van der Waals surface area (Å²) in [6.45, 7) is 3.27. The van der Waals surface area contributed by atoms with Crippen molar-refractivity contribution in [3.8, 4) is 5.75 Å². The van der Waals surface area contributed by atoms with Crippen molar-refractivity contribution < 1.29 is 9.53 Å². The summed E-state index contributed by atoms with van der Waals surface area (Å²) >= 11 is 5.10. The number of nitrogens with zero attached hydrogens (tertiary/aromatic N) is 2. The molecule has 1 aliphatic rings. The fourth-order valence-corrected chi connectivity index (χ4v) is 4.11. The highest BCUT2D eigenvalue weighted by atomic mass is 79.9. The van der Waals surface area contributed by atoms with Crippen LogP contribution in [0.2, 0.25) is 0 Å². The summed E-state index contributed by atoms with van der Waals surface area (Å²) in [6.07, 6.45) is 0. The number of Topliss-reactive ketones (excluding diaryl/α,β-unsaturated/α-hetero) is 1. The van der Waals surface area contributed by atoms with Gasteiger partial charge in [0.25, 0.3) is 0 Å². The summed E-state index contributed by atoms with van der Waals surface area (Å²) in [4.78, 5) is 19.4. The zero-order valence-corrected chi connectivity index (χ0v) is 16.5. The van der Waals surface area contributed by atoms with Crippen LogP contribution in [0, 0.1) is 0 Å². The van der Waals surface area contributed by atoms with E-state index in [1.807, 2.05) is 53.4 Å². The van der Waals surface area contributed by atoms with Gasteiger partial charge in [0.2, 0.25) is 0 Å². The summed E-state index contributed by atoms with van der Waals surface area (Å²) in [6, 6.07) is 15.1. The molecule has 1 saturated heterocycles. The highest BCUT2D eigenvalue weighted by Gasteiger charge is 2.28. The molecule has 6 heteroatoms. The Hall–Kier alpha value is -1.79. The molecule has 1 fully saturated rings. The summed E-state index contributed by atoms with van der Waals surface area (Å²) in [5.41, 5.74) is 1.48. The third-order valence-electron chi connectivity index (χ3n) is 3.84. The van der Waals surface area contributed by atoms with Crippen molar-refractivity contribution in [2.24, 2.45) is 4.99 Å². The average molecular weight is 419 g/mol. The molecule has 0 aromatic heterocycles. The molecule has 1 atom stereocenters. The van der Waals surface area contributed by atoms with Crippen molar-refractivity contribution >= 4 is 44.3 Å². The van der Waals surface area contributed by atoms with Crippen LogP contribution in [0.4, 0.5) is 5.69 Å². The standard InChI is InChI=1S/C19H19BrN2O2S/c1-13-11-22(12-17(23)14-6-5-7-15(20)10-14)19(25-13)21-16-8-3-4-9-18(16)24-2/h3-10,13H,11-12H2,1-2H3/t13-/m1/s1. The molecule has 130 valence electrons. The maximum atomic E-state index is 12.6. The van der Waals surface area contributed by atoms with Crippen molar-refractivity contribution in [2.75, 3.05) is 20.2 Å². The van der Waals surface area contributed by atoms with E-state index in [0.717, 1.165) is 27.6 Å². The first-order valence-corrected chi connectivity index (χ1v) is 9.66. The first-order valence-electron chi connectivity index (χ1n) is 7.99. The number of ether oxygens (including phenoxy) is 1. The van der Waals surface area contributed by atoms with Gasteiger partial charge in [0.15, 0.2) is 11.0 Å². The number of carbonyl (C=O) groups is 1. The number of thioether (sulfide) groups is 1. The molecular weight excluding hydrogens is 400 g/mol. The van der Waals surface area contributed by atoms with Crippen LogP contribution in [0.5, 0.6) is 5.75 Å². The van der Waals surface area contributed by atoms with Gasteiger partial charge in [-0.2, -0.15) is 0 Å². The second kappa shape index (κ2) is 8.06. The van der Waals surface area contributed by atoms with Gasteiger partial charge < -0.3 is 9.64 Å². The molecular formula is C19H19BrN2O2S. The van der Waals surface area contributed by atoms with Crippen LogP contribution in [0.3, 0.4) is 0 Å². The molecule has 0 N–H and O–H groups in total. The van der Waals surface area contributed by atoms with E-state index in [-0.39, 0.29) is 5.78 Å². The number of hydrogen-bond acceptors (Lipinski definition) is 4. The molecule has 0 unspecified atom stereocenters. The van der Waals surface area contributed by atoms with Gasteiger partial charge in [-0.15, -0.1) is 0 Å². The van der Waals surface area contributed by atoms with Crippen molar-refractivity contribution in [3.63, 3.8) is 0 Å². The Bertz CT molecular complexity index is 810. The Balaban J connectivity index is 1.82. The lowest BCUT2D eigenvalue weighted by molar-refractivity contribution is 0.0965. The summed E-state index contributed by atoms with van der Waals surface area (Å²) in [5.74, 6) is 0.817. The molecule has 0 saturated carbocycles. The minimum atomic E-state index is 0.0868. The van der Waals surface area contributed by atoms with Gasteiger partial charge >= 0.3 is 0 Å². The number of methoxy groups -OCH3 is 1. The molecule has 0 amide bonds. The maximum absolute atomic E-state index is 12.6. The minimum Gasteiger partial charge on any atom is -0.494 e. The molecule has 1 heterocycles. The minimum absolute atomic E-state index is 0.0868. The first-order chi connectivity index (χ1) is 12.1. The molecule has 0 radical (unpaired) electrons. The van der Waals surface area contributed by atoms with Crippen molar-refractivity contribution in [3.05, 3.63) is 58.6 Å². The number of rotatable bonds is 5. The van der Waals surface area contributed by atoms with Crippen LogP contribution in [0.1, 0.15) is 17.3 Å². The summed E-state index contributed by atoms with van der Waals surface area (Å²) in [5, 5.41) is 1.25. The van der Waals surface area contributed by atoms with Gasteiger partial charge in [-0.25, -0.2) is 4.99 Å². The average Bonchev–Trinajstić information content (AvgIpc) is 2.94. The number of carbonyl (C=O) groups excluding carboxylic acids is 1. The van der Waals surface area contributed by atoms with Gasteiger partial charge in [-0.05, 0) is 24.3 Å². The summed E-state index contributed by atoms with van der Waals surface area (Å²) in [7, 11) is 1.64. The number of aliphatic imine (C=N–C) groups is 1. The SMILES string of the molecule is COc1ccccc1N=C1S[C@H](C)CN1CC(=O)c1cccc(Br)c1. The third kappa shape index (κ3) is 4.44. The first kappa shape index (κ1) is 18.0. The Morgan fingerprint density at radius 3 is 2.88 bits per heavy atom. The van der Waals surface area contributed by atoms with Crippen LogP contribution in [-0.4, -0.2) is 41.3 Å². The summed E-state index contributed by atoms with van der Waals surface area (Å²) < 4.78 is 6.28. The topological polar surface area (TPSA) is 41.9 Å². The Morgan fingerprint density at radius 2 is 2.12 bits per heavy atom. The van der Waals surface area contributed by atoms with E-state index in [4.69, 9.17) is 9.73 Å². The largest absolute Gasteiger partial charge is 0.494 e. The van der Waals surface area contributed by atoms with Crippen molar-refractivity contribution in [1.29, 1.82) is 0 Å². The molecule has 25 heavy (non-hydrogen) atoms. The van der Waals surface area contributed by atoms with Crippen LogP contribution >= 0.6 is 27.7 Å². The van der Waals surface area contributed by atoms with Gasteiger partial charge in [0.1, 0.15) is 11.4 Å². The smallest absolute Gasteiger partial charge is 0.182 e. The fourth-order valence-electron chi connectivity index (χ4n) is 2.66. The zero-order valence-electron chi connectivity index (χ0n) is 14.1. The van der Waals surface area contributed by atoms with Gasteiger partial charge in [0, 0.05) is 21.8 Å². The Kier molecular flexibility index (Phi) is 5.81. The maximum Gasteiger partial charge on any atom is 0.182 e. The highest BCUT2D eigenvalue weighted by molar-refractivity contribution is 9.10. The van der Waals surface area contributed by atoms with Crippen LogP contribution in [0.15, 0.2) is 58.0 Å². The van der Waals surface area contributed by atoms with E-state index < -0.39 is 0 Å². The number of hydrogen-bond donors (Lipinski definition) is 0. The monoisotopic (exact) mass is 418 g/mol. The molecule has 3 rings (SSSR count). The molecule has 4 nitrogen and oxygen atoms in total. The Labute approximate surface area is 160 Å². The van der Waals surface area contributed by atoms with E-state index in [0.29, 0.717) is 17.4 Å². The van der Waals surface area contributed by atoms with Gasteiger partial charge in [0.05, 0.1) is 13.7 Å². The molecule has 1 aliphatic heterocycles. The van der Waals surface area contributed by atoms with Crippen LogP contribution in [0.25, 0.3) is 0 Å². The Morgan fingerprint density at radius 1 is 1.32 bits per heavy atom. The highest BCUT2D eigenvalue weighted by Crippen LogP contribution is 2.32. The predicted octanol–water partition coefficient (Wildman–Crippen LogP) is 4.77. The van der Waals surface area contributed by atoms with E-state index in [9.17, 15) is 4.79 Å². The number of ketones is 1. The lowest BCUT2D eigenvalue weighted by atomic mass is 10.1. The van der Waals surface area contributed by atoms with E-state index in [1.165, 1.54) is 0 Å². The number of para-hydroxylation sites is 2. The quantitative estimate of drug-likeness (QED) is 0.655. The number of halogens is 1. The van der Waals surface area contributed by atoms with Gasteiger partial charge in [-0.1, -0.05) is 58.9 Å². The molecule has 0 aliphatic carbocycles. The van der Waals surface area contributed by atoms with Crippen molar-refractivity contribution in [2.45, 2.75) is 12.2 Å². The fraction of sp³-hybridized carbons (Fsp3) is 0.263. The molecule has 0 spiro atoms. The second-order valence-corrected chi connectivity index (χ2v) is 8.13. The zero-order chi connectivity index (χ0) is 17.8. The number of amidine groups is 1. The molecule has 2 aromatic rings.